The van der Waals surface area contributed by atoms with Gasteiger partial charge in [0.15, 0.2) is 5.76 Å². The smallest absolute Gasteiger partial charge is 0.205 e. The van der Waals surface area contributed by atoms with Gasteiger partial charge in [-0.1, -0.05) is 0 Å². The lowest BCUT2D eigenvalue weighted by molar-refractivity contribution is -0.117. The third kappa shape index (κ3) is 0.834. The molecule has 4 nitrogen and oxygen atoms in total. The molecule has 0 aromatic rings. The van der Waals surface area contributed by atoms with Gasteiger partial charge in [0.05, 0.1) is 0 Å². The van der Waals surface area contributed by atoms with Crippen LogP contribution in [0.3, 0.4) is 0 Å². The van der Waals surface area contributed by atoms with Gasteiger partial charge < -0.3 is 15.3 Å². The quantitative estimate of drug-likeness (QED) is 0.466. The number of hydrogen-bond donors (Lipinski definition) is 3. The van der Waals surface area contributed by atoms with Crippen molar-refractivity contribution in [3.05, 3.63) is 23.4 Å². The van der Waals surface area contributed by atoms with Gasteiger partial charge in [-0.2, -0.15) is 0 Å². The van der Waals surface area contributed by atoms with Crippen LogP contribution in [0, 0.1) is 0 Å². The average Bonchev–Trinajstić information content (AvgIpc) is 1.93. The highest BCUT2D eigenvalue weighted by Gasteiger charge is 2.20. The van der Waals surface area contributed by atoms with Crippen molar-refractivity contribution in [1.82, 2.24) is 0 Å². The first kappa shape index (κ1) is 6.67. The summed E-state index contributed by atoms with van der Waals surface area (Å²) in [4.78, 5) is 10.5. The van der Waals surface area contributed by atoms with E-state index in [1.54, 1.807) is 0 Å². The van der Waals surface area contributed by atoms with Crippen molar-refractivity contribution >= 4 is 5.78 Å². The van der Waals surface area contributed by atoms with Crippen LogP contribution in [0.25, 0.3) is 0 Å². The zero-order valence-electron chi connectivity index (χ0n) is 5.03. The van der Waals surface area contributed by atoms with Crippen LogP contribution in [0.2, 0.25) is 0 Å². The number of aliphatic hydroxyl groups excluding tert-OH is 3. The number of carbonyl (C=O) groups excluding carboxylic acids is 1. The Morgan fingerprint density at radius 1 is 1.20 bits per heavy atom. The molecule has 0 aromatic heterocycles. The van der Waals surface area contributed by atoms with Crippen molar-refractivity contribution in [2.75, 3.05) is 0 Å². The van der Waals surface area contributed by atoms with E-state index >= 15 is 0 Å². The Hall–Kier alpha value is -1.45. The lowest BCUT2D eigenvalue weighted by atomic mass is 10.1. The van der Waals surface area contributed by atoms with Crippen molar-refractivity contribution in [2.45, 2.75) is 6.42 Å². The molecule has 0 aromatic carbocycles. The Morgan fingerprint density at radius 3 is 2.30 bits per heavy atom. The predicted octanol–water partition coefficient (Wildman–Crippen LogP) is 0.729. The van der Waals surface area contributed by atoms with Crippen molar-refractivity contribution < 1.29 is 20.1 Å². The molecule has 0 atom stereocenters. The summed E-state index contributed by atoms with van der Waals surface area (Å²) in [5.41, 5.74) is 0. The summed E-state index contributed by atoms with van der Waals surface area (Å²) in [6.07, 6.45) is 1.07. The Labute approximate surface area is 56.7 Å². The van der Waals surface area contributed by atoms with E-state index in [0.29, 0.717) is 0 Å². The van der Waals surface area contributed by atoms with Gasteiger partial charge in [-0.05, 0) is 6.08 Å². The van der Waals surface area contributed by atoms with E-state index in [0.717, 1.165) is 6.08 Å². The fraction of sp³-hybridized carbons (Fsp3) is 0.167. The second kappa shape index (κ2) is 2.06. The minimum Gasteiger partial charge on any atom is -0.504 e. The highest BCUT2D eigenvalue weighted by molar-refractivity contribution is 5.96. The maximum atomic E-state index is 10.5. The lowest BCUT2D eigenvalue weighted by Crippen LogP contribution is -2.10. The summed E-state index contributed by atoms with van der Waals surface area (Å²) >= 11 is 0. The van der Waals surface area contributed by atoms with E-state index in [1.807, 2.05) is 0 Å². The van der Waals surface area contributed by atoms with Crippen LogP contribution < -0.4 is 0 Å². The topological polar surface area (TPSA) is 77.8 Å². The first-order valence-electron chi connectivity index (χ1n) is 2.68. The fourth-order valence-electron chi connectivity index (χ4n) is 0.636. The Morgan fingerprint density at radius 2 is 1.80 bits per heavy atom. The fourth-order valence-corrected chi connectivity index (χ4v) is 0.636. The zero-order chi connectivity index (χ0) is 7.72. The van der Waals surface area contributed by atoms with E-state index in [4.69, 9.17) is 15.3 Å². The van der Waals surface area contributed by atoms with Gasteiger partial charge in [-0.15, -0.1) is 0 Å². The summed E-state index contributed by atoms with van der Waals surface area (Å²) in [6, 6.07) is 0. The number of rotatable bonds is 0. The maximum absolute atomic E-state index is 10.5. The van der Waals surface area contributed by atoms with E-state index in [-0.39, 0.29) is 6.42 Å². The molecule has 10 heavy (non-hydrogen) atoms. The third-order valence-electron chi connectivity index (χ3n) is 1.21. The molecule has 1 aliphatic rings. The predicted molar refractivity (Wildman–Crippen MR) is 32.6 cm³/mol. The average molecular weight is 142 g/mol. The van der Waals surface area contributed by atoms with Gasteiger partial charge in [0.2, 0.25) is 17.3 Å². The minimum atomic E-state index is -0.764. The van der Waals surface area contributed by atoms with Crippen molar-refractivity contribution in [1.29, 1.82) is 0 Å². The molecule has 0 spiro atoms. The number of carbonyl (C=O) groups is 1. The van der Waals surface area contributed by atoms with Gasteiger partial charge in [0, 0.05) is 6.42 Å². The first-order chi connectivity index (χ1) is 4.63. The van der Waals surface area contributed by atoms with E-state index in [9.17, 15) is 4.79 Å². The Kier molecular flexibility index (Phi) is 1.37. The van der Waals surface area contributed by atoms with Crippen LogP contribution in [0.5, 0.6) is 0 Å². The molecule has 0 saturated heterocycles. The molecule has 1 aliphatic carbocycles. The summed E-state index contributed by atoms with van der Waals surface area (Å²) < 4.78 is 0. The third-order valence-corrected chi connectivity index (χ3v) is 1.21. The molecule has 0 bridgehead atoms. The summed E-state index contributed by atoms with van der Waals surface area (Å²) in [6.45, 7) is 0. The van der Waals surface area contributed by atoms with Gasteiger partial charge in [-0.3, -0.25) is 4.79 Å². The van der Waals surface area contributed by atoms with Crippen LogP contribution in [0.4, 0.5) is 0 Å². The zero-order valence-corrected chi connectivity index (χ0v) is 5.03. The standard InChI is InChI=1S/C6H6O4/c7-3-1-2-4(8)6(10)5(3)9/h1,7,9-10H,2H2. The summed E-state index contributed by atoms with van der Waals surface area (Å²) in [5.74, 6) is -2.54. The maximum Gasteiger partial charge on any atom is 0.205 e. The van der Waals surface area contributed by atoms with Gasteiger partial charge in [-0.25, -0.2) is 0 Å². The molecular formula is C6H6O4. The van der Waals surface area contributed by atoms with E-state index < -0.39 is 23.1 Å². The number of allylic oxidation sites excluding steroid dienone is 2. The molecule has 0 heterocycles. The molecule has 1 rings (SSSR count). The summed E-state index contributed by atoms with van der Waals surface area (Å²) in [5, 5.41) is 26.1. The van der Waals surface area contributed by atoms with Gasteiger partial charge >= 0.3 is 0 Å². The largest absolute Gasteiger partial charge is 0.504 e. The molecule has 0 aliphatic heterocycles. The van der Waals surface area contributed by atoms with Crippen molar-refractivity contribution in [2.24, 2.45) is 0 Å². The number of hydrogen-bond acceptors (Lipinski definition) is 4. The van der Waals surface area contributed by atoms with Crippen molar-refractivity contribution in [3.8, 4) is 0 Å². The second-order valence-electron chi connectivity index (χ2n) is 1.91. The monoisotopic (exact) mass is 142 g/mol. The normalized spacial score (nSPS) is 19.2. The van der Waals surface area contributed by atoms with Gasteiger partial charge in [0.1, 0.15) is 0 Å². The van der Waals surface area contributed by atoms with E-state index in [2.05, 4.69) is 0 Å². The Balaban J connectivity index is 3.06. The molecular weight excluding hydrogens is 136 g/mol. The molecule has 0 unspecified atom stereocenters. The van der Waals surface area contributed by atoms with Crippen LogP contribution in [-0.2, 0) is 4.79 Å². The van der Waals surface area contributed by atoms with Crippen molar-refractivity contribution in [3.63, 3.8) is 0 Å². The molecule has 0 amide bonds. The minimum absolute atomic E-state index is 0.0677. The highest BCUT2D eigenvalue weighted by Crippen LogP contribution is 2.15. The van der Waals surface area contributed by atoms with Crippen LogP contribution >= 0.6 is 0 Å². The Bertz CT molecular complexity index is 232. The number of aliphatic hydroxyl groups is 3. The van der Waals surface area contributed by atoms with E-state index in [1.165, 1.54) is 0 Å². The SMILES string of the molecule is O=C1CC=C(O)C(O)=C1O. The molecule has 54 valence electrons. The van der Waals surface area contributed by atoms with Crippen LogP contribution in [0.15, 0.2) is 23.4 Å². The molecule has 3 N–H and O–H groups in total. The lowest BCUT2D eigenvalue weighted by Gasteiger charge is -2.06. The number of Topliss-reactive ketones (excluding diaryl/α,β-unsaturated/α-hetero) is 1. The van der Waals surface area contributed by atoms with Crippen LogP contribution in [-0.4, -0.2) is 21.1 Å². The molecule has 0 saturated carbocycles. The molecule has 4 heteroatoms. The van der Waals surface area contributed by atoms with Gasteiger partial charge in [0.25, 0.3) is 0 Å². The molecule has 0 radical (unpaired) electrons. The molecule has 0 fully saturated rings. The number of ketones is 1. The first-order valence-corrected chi connectivity index (χ1v) is 2.68. The summed E-state index contributed by atoms with van der Waals surface area (Å²) in [7, 11) is 0. The second-order valence-corrected chi connectivity index (χ2v) is 1.91. The van der Waals surface area contributed by atoms with Crippen LogP contribution in [0.1, 0.15) is 6.42 Å². The highest BCUT2D eigenvalue weighted by atomic mass is 16.3.